The lowest BCUT2D eigenvalue weighted by Gasteiger charge is -2.31. The Bertz CT molecular complexity index is 885. The number of ether oxygens (including phenoxy) is 1. The van der Waals surface area contributed by atoms with Crippen molar-refractivity contribution in [3.63, 3.8) is 0 Å². The van der Waals surface area contributed by atoms with Crippen molar-refractivity contribution in [2.75, 3.05) is 18.5 Å². The Labute approximate surface area is 153 Å². The first-order valence-corrected chi connectivity index (χ1v) is 8.74. The monoisotopic (exact) mass is 376 g/mol. The van der Waals surface area contributed by atoms with Gasteiger partial charge in [0.25, 0.3) is 0 Å². The fraction of sp³-hybridized carbons (Fsp3) is 0.389. The molecule has 2 amide bonds. The second-order valence-electron chi connectivity index (χ2n) is 6.81. The van der Waals surface area contributed by atoms with Gasteiger partial charge in [0, 0.05) is 31.3 Å². The van der Waals surface area contributed by atoms with Gasteiger partial charge in [-0.3, -0.25) is 4.79 Å². The fourth-order valence-electron chi connectivity index (χ4n) is 3.61. The zero-order chi connectivity index (χ0) is 19.0. The molecule has 9 heteroatoms. The van der Waals surface area contributed by atoms with E-state index in [0.29, 0.717) is 19.6 Å². The van der Waals surface area contributed by atoms with Gasteiger partial charge in [-0.15, -0.1) is 5.10 Å². The number of nitrogens with one attached hydrogen (secondary N) is 1. The molecule has 7 nitrogen and oxygen atoms in total. The highest BCUT2D eigenvalue weighted by atomic mass is 19.1. The largest absolute Gasteiger partial charge is 0.447 e. The Hall–Kier alpha value is -2.97. The quantitative estimate of drug-likeness (QED) is 0.890. The maximum atomic E-state index is 13.8. The third-order valence-corrected chi connectivity index (χ3v) is 4.94. The van der Waals surface area contributed by atoms with Crippen molar-refractivity contribution >= 4 is 17.8 Å². The maximum absolute atomic E-state index is 13.8. The molecule has 0 spiro atoms. The van der Waals surface area contributed by atoms with Gasteiger partial charge in [0.2, 0.25) is 5.91 Å². The van der Waals surface area contributed by atoms with Crippen LogP contribution in [0.1, 0.15) is 19.3 Å². The molecule has 2 aromatic rings. The summed E-state index contributed by atoms with van der Waals surface area (Å²) in [5.74, 6) is -0.974. The van der Waals surface area contributed by atoms with Gasteiger partial charge in [-0.25, -0.2) is 18.3 Å². The number of cyclic esters (lactones) is 1. The van der Waals surface area contributed by atoms with E-state index in [0.717, 1.165) is 31.0 Å². The van der Waals surface area contributed by atoms with E-state index in [1.165, 1.54) is 16.9 Å². The average Bonchev–Trinajstić information content (AvgIpc) is 3.24. The van der Waals surface area contributed by atoms with Crippen molar-refractivity contribution in [2.45, 2.75) is 25.3 Å². The molecule has 0 unspecified atom stereocenters. The van der Waals surface area contributed by atoms with Crippen molar-refractivity contribution in [2.24, 2.45) is 5.92 Å². The number of carbonyl (C=O) groups is 2. The fourth-order valence-corrected chi connectivity index (χ4v) is 3.61. The zero-order valence-corrected chi connectivity index (χ0v) is 14.4. The number of anilines is 1. The number of carbonyl (C=O) groups excluding carboxylic acids is 2. The number of hydrogen-bond donors (Lipinski definition) is 1. The Morgan fingerprint density at radius 2 is 2.19 bits per heavy atom. The average molecular weight is 376 g/mol. The molecule has 1 N–H and O–H groups in total. The summed E-state index contributed by atoms with van der Waals surface area (Å²) in [6, 6.07) is 4.65. The van der Waals surface area contributed by atoms with E-state index in [1.54, 1.807) is 4.90 Å². The molecule has 4 rings (SSSR count). The number of aromatic nitrogens is 2. The van der Waals surface area contributed by atoms with Crippen molar-refractivity contribution in [3.05, 3.63) is 42.1 Å². The van der Waals surface area contributed by atoms with Gasteiger partial charge in [-0.05, 0) is 30.9 Å². The number of fused-ring (bicyclic) bond motifs is 1. The Morgan fingerprint density at radius 3 is 3.04 bits per heavy atom. The topological polar surface area (TPSA) is 76.5 Å². The van der Waals surface area contributed by atoms with E-state index in [-0.39, 0.29) is 35.5 Å². The Balaban J connectivity index is 1.36. The van der Waals surface area contributed by atoms with Crippen molar-refractivity contribution < 1.29 is 23.1 Å². The SMILES string of the molecule is O=C(C[C@H]1CCN2C(=O)OC[C@H]2C1)Nc1ccn(-c2cc(F)ccc2F)n1. The normalized spacial score (nSPS) is 21.7. The molecule has 0 aliphatic carbocycles. The highest BCUT2D eigenvalue weighted by Crippen LogP contribution is 2.29. The van der Waals surface area contributed by atoms with Gasteiger partial charge in [0.15, 0.2) is 5.82 Å². The van der Waals surface area contributed by atoms with Crippen LogP contribution in [0.4, 0.5) is 19.4 Å². The summed E-state index contributed by atoms with van der Waals surface area (Å²) >= 11 is 0. The molecule has 2 fully saturated rings. The van der Waals surface area contributed by atoms with Crippen LogP contribution in [0.2, 0.25) is 0 Å². The number of benzene rings is 1. The third kappa shape index (κ3) is 3.62. The molecule has 3 heterocycles. The van der Waals surface area contributed by atoms with Gasteiger partial charge >= 0.3 is 6.09 Å². The smallest absolute Gasteiger partial charge is 0.410 e. The van der Waals surface area contributed by atoms with E-state index < -0.39 is 11.6 Å². The molecule has 2 saturated heterocycles. The number of nitrogens with zero attached hydrogens (tertiary/aromatic N) is 3. The standard InChI is InChI=1S/C18H18F2N4O3/c19-12-1-2-14(20)15(9-12)24-6-4-16(22-24)21-17(25)8-11-3-5-23-13(7-11)10-27-18(23)26/h1-2,4,6,9,11,13H,3,5,7-8,10H2,(H,21,22,25)/t11-,13+/m0/s1. The number of piperidine rings is 1. The second kappa shape index (κ2) is 6.98. The lowest BCUT2D eigenvalue weighted by atomic mass is 9.89. The van der Waals surface area contributed by atoms with E-state index in [1.807, 2.05) is 0 Å². The molecule has 0 saturated carbocycles. The zero-order valence-electron chi connectivity index (χ0n) is 14.4. The molecule has 0 bridgehead atoms. The molecule has 1 aromatic heterocycles. The Morgan fingerprint density at radius 1 is 1.33 bits per heavy atom. The van der Waals surface area contributed by atoms with Gasteiger partial charge in [0.1, 0.15) is 23.9 Å². The van der Waals surface area contributed by atoms with E-state index >= 15 is 0 Å². The first-order valence-electron chi connectivity index (χ1n) is 8.74. The van der Waals surface area contributed by atoms with Crippen LogP contribution >= 0.6 is 0 Å². The van der Waals surface area contributed by atoms with Crippen LogP contribution in [0, 0.1) is 17.6 Å². The highest BCUT2D eigenvalue weighted by Gasteiger charge is 2.38. The molecule has 2 atom stereocenters. The first kappa shape index (κ1) is 17.4. The first-order chi connectivity index (χ1) is 13.0. The summed E-state index contributed by atoms with van der Waals surface area (Å²) in [4.78, 5) is 25.5. The van der Waals surface area contributed by atoms with Crippen LogP contribution < -0.4 is 5.32 Å². The molecule has 2 aliphatic heterocycles. The number of amides is 2. The van der Waals surface area contributed by atoms with Crippen LogP contribution in [0.5, 0.6) is 0 Å². The number of rotatable bonds is 4. The summed E-state index contributed by atoms with van der Waals surface area (Å²) in [5, 5.41) is 6.77. The van der Waals surface area contributed by atoms with Crippen molar-refractivity contribution in [3.8, 4) is 5.69 Å². The highest BCUT2D eigenvalue weighted by molar-refractivity contribution is 5.89. The third-order valence-electron chi connectivity index (χ3n) is 4.94. The summed E-state index contributed by atoms with van der Waals surface area (Å²) in [6.07, 6.45) is 2.94. The number of hydrogen-bond acceptors (Lipinski definition) is 4. The number of halogens is 2. The van der Waals surface area contributed by atoms with Crippen molar-refractivity contribution in [1.82, 2.24) is 14.7 Å². The molecule has 142 valence electrons. The molecule has 27 heavy (non-hydrogen) atoms. The minimum Gasteiger partial charge on any atom is -0.447 e. The predicted octanol–water partition coefficient (Wildman–Crippen LogP) is 2.71. The summed E-state index contributed by atoms with van der Waals surface area (Å²) in [7, 11) is 0. The van der Waals surface area contributed by atoms with Gasteiger partial charge in [0.05, 0.1) is 6.04 Å². The lowest BCUT2D eigenvalue weighted by molar-refractivity contribution is -0.117. The summed E-state index contributed by atoms with van der Waals surface area (Å²) < 4.78 is 33.3. The minimum atomic E-state index is -0.613. The van der Waals surface area contributed by atoms with E-state index in [9.17, 15) is 18.4 Å². The molecular formula is C18H18F2N4O3. The van der Waals surface area contributed by atoms with Crippen LogP contribution in [-0.2, 0) is 9.53 Å². The lowest BCUT2D eigenvalue weighted by Crippen LogP contribution is -2.41. The summed E-state index contributed by atoms with van der Waals surface area (Å²) in [6.45, 7) is 0.968. The van der Waals surface area contributed by atoms with Crippen LogP contribution in [-0.4, -0.2) is 45.9 Å². The predicted molar refractivity (Wildman–Crippen MR) is 91.3 cm³/mol. The van der Waals surface area contributed by atoms with Crippen LogP contribution in [0.15, 0.2) is 30.5 Å². The second-order valence-corrected chi connectivity index (χ2v) is 6.81. The van der Waals surface area contributed by atoms with Crippen LogP contribution in [0.25, 0.3) is 5.69 Å². The maximum Gasteiger partial charge on any atom is 0.410 e. The summed E-state index contributed by atoms with van der Waals surface area (Å²) in [5.41, 5.74) is -0.0335. The van der Waals surface area contributed by atoms with Gasteiger partial charge in [-0.1, -0.05) is 0 Å². The van der Waals surface area contributed by atoms with E-state index in [2.05, 4.69) is 10.4 Å². The minimum absolute atomic E-state index is 0.0335. The van der Waals surface area contributed by atoms with E-state index in [4.69, 9.17) is 4.74 Å². The molecule has 0 radical (unpaired) electrons. The molecule has 1 aromatic carbocycles. The molecule has 2 aliphatic rings. The Kier molecular flexibility index (Phi) is 4.51. The van der Waals surface area contributed by atoms with Crippen LogP contribution in [0.3, 0.4) is 0 Å². The van der Waals surface area contributed by atoms with Gasteiger partial charge < -0.3 is 15.0 Å². The molecular weight excluding hydrogens is 358 g/mol. The van der Waals surface area contributed by atoms with Gasteiger partial charge in [-0.2, -0.15) is 0 Å². The van der Waals surface area contributed by atoms with Crippen molar-refractivity contribution in [1.29, 1.82) is 0 Å².